The summed E-state index contributed by atoms with van der Waals surface area (Å²) in [7, 11) is 0. The number of nitrogens with two attached hydrogens (primary N) is 1. The summed E-state index contributed by atoms with van der Waals surface area (Å²) in [6.45, 7) is 2.24. The van der Waals surface area contributed by atoms with Crippen LogP contribution >= 0.6 is 36.4 Å². The molecule has 0 bridgehead atoms. The van der Waals surface area contributed by atoms with Gasteiger partial charge in [-0.3, -0.25) is 5.43 Å². The lowest BCUT2D eigenvalue weighted by Crippen LogP contribution is -2.32. The Balaban J connectivity index is 0.00000216. The van der Waals surface area contributed by atoms with Crippen LogP contribution in [0.25, 0.3) is 0 Å². The maximum absolute atomic E-state index is 12.4. The Labute approximate surface area is 217 Å². The zero-order valence-electron chi connectivity index (χ0n) is 18.2. The van der Waals surface area contributed by atoms with Crippen LogP contribution in [0.4, 0.5) is 18.9 Å². The number of hydrogen-bond donors (Lipinski definition) is 2. The number of benzene rings is 2. The quantitative estimate of drug-likeness (QED) is 0.423. The molecule has 0 amide bonds. The minimum absolute atomic E-state index is 0. The van der Waals surface area contributed by atoms with Crippen LogP contribution < -0.4 is 20.6 Å². The third-order valence-corrected chi connectivity index (χ3v) is 5.12. The highest BCUT2D eigenvalue weighted by molar-refractivity contribution is 6.32. The smallest absolute Gasteiger partial charge is 0.456 e. The number of hydrogen-bond acceptors (Lipinski definition) is 7. The number of halogens is 6. The summed E-state index contributed by atoms with van der Waals surface area (Å²) in [4.78, 5) is 6.50. The lowest BCUT2D eigenvalue weighted by atomic mass is 10.3. The number of anilines is 1. The highest BCUT2D eigenvalue weighted by Gasteiger charge is 2.31. The second kappa shape index (κ2) is 12.3. The number of rotatable bonds is 8. The molecule has 0 saturated heterocycles. The molecule has 0 spiro atoms. The third-order valence-electron chi connectivity index (χ3n) is 4.83. The van der Waals surface area contributed by atoms with Crippen molar-refractivity contribution in [1.82, 2.24) is 9.91 Å². The fourth-order valence-electron chi connectivity index (χ4n) is 3.40. The van der Waals surface area contributed by atoms with Gasteiger partial charge in [0.05, 0.1) is 28.3 Å². The number of nitrogens with zero attached hydrogens (tertiary/aromatic N) is 3. The van der Waals surface area contributed by atoms with Crippen LogP contribution in [0.5, 0.6) is 17.2 Å². The van der Waals surface area contributed by atoms with Gasteiger partial charge in [-0.1, -0.05) is 17.7 Å². The van der Waals surface area contributed by atoms with Crippen molar-refractivity contribution in [2.45, 2.75) is 12.8 Å². The summed E-state index contributed by atoms with van der Waals surface area (Å²) in [5.74, 6) is 0.0614. The van der Waals surface area contributed by atoms with Crippen LogP contribution in [0.2, 0.25) is 5.02 Å². The maximum atomic E-state index is 12.4. The first kappa shape index (κ1) is 28.4. The van der Waals surface area contributed by atoms with Gasteiger partial charge in [0.15, 0.2) is 0 Å². The summed E-state index contributed by atoms with van der Waals surface area (Å²) in [6, 6.07) is 10.2. The highest BCUT2D eigenvalue weighted by Crippen LogP contribution is 2.35. The number of nitrogens with one attached hydrogen (secondary N) is 1. The van der Waals surface area contributed by atoms with Gasteiger partial charge in [0.2, 0.25) is 0 Å². The van der Waals surface area contributed by atoms with Crippen LogP contribution in [0.3, 0.4) is 0 Å². The lowest BCUT2D eigenvalue weighted by Gasteiger charge is -2.29. The average Bonchev–Trinajstić information content (AvgIpc) is 3.17. The molecule has 2 aliphatic rings. The molecule has 2 aromatic rings. The first-order valence-electron chi connectivity index (χ1n) is 10.1. The lowest BCUT2D eigenvalue weighted by molar-refractivity contribution is -0.274. The maximum Gasteiger partial charge on any atom is 0.573 e. The number of ether oxygens (including phenoxy) is 2. The standard InChI is InChI=1S/C22H21ClF3N5O2.2ClH/c23-18-11-15(29-31-14-28-13-20-19(31)7-10-30(20)9-2-8-27)5-6-21(18)32-16-3-1-4-17(12-16)33-22(24,25)26;;/h1,3-7,11-14,29H,2,8-10,27H2;2*1H. The SMILES string of the molecule is Cl.Cl.NCCCN1CC=C2C1=CN=CN2Nc1ccc(Oc2cccc(OC(F)(F)F)c2)c(Cl)c1. The molecule has 0 atom stereocenters. The van der Waals surface area contributed by atoms with Gasteiger partial charge in [0.25, 0.3) is 0 Å². The van der Waals surface area contributed by atoms with Gasteiger partial charge < -0.3 is 20.1 Å². The van der Waals surface area contributed by atoms with E-state index < -0.39 is 6.36 Å². The van der Waals surface area contributed by atoms with Crippen molar-refractivity contribution in [3.05, 3.63) is 71.2 Å². The van der Waals surface area contributed by atoms with Crippen molar-refractivity contribution < 1.29 is 22.6 Å². The fourth-order valence-corrected chi connectivity index (χ4v) is 3.62. The molecular weight excluding hydrogens is 530 g/mol. The van der Waals surface area contributed by atoms with Crippen molar-refractivity contribution >= 4 is 48.4 Å². The molecule has 2 aromatic carbocycles. The topological polar surface area (TPSA) is 75.4 Å². The van der Waals surface area contributed by atoms with E-state index in [0.717, 1.165) is 37.0 Å². The largest absolute Gasteiger partial charge is 0.573 e. The Morgan fingerprint density at radius 2 is 1.86 bits per heavy atom. The zero-order valence-corrected chi connectivity index (χ0v) is 20.6. The Bertz CT molecular complexity index is 1110. The summed E-state index contributed by atoms with van der Waals surface area (Å²) in [5, 5.41) is 2.07. The second-order valence-electron chi connectivity index (χ2n) is 7.21. The van der Waals surface area contributed by atoms with Gasteiger partial charge in [-0.25, -0.2) is 10.0 Å². The van der Waals surface area contributed by atoms with Crippen molar-refractivity contribution in [2.75, 3.05) is 25.1 Å². The predicted octanol–water partition coefficient (Wildman–Crippen LogP) is 5.94. The number of alkyl halides is 3. The summed E-state index contributed by atoms with van der Waals surface area (Å²) in [6.07, 6.45) is 1.67. The van der Waals surface area contributed by atoms with Gasteiger partial charge in [-0.2, -0.15) is 0 Å². The van der Waals surface area contributed by atoms with E-state index in [4.69, 9.17) is 22.1 Å². The minimum Gasteiger partial charge on any atom is -0.456 e. The molecule has 2 heterocycles. The van der Waals surface area contributed by atoms with Gasteiger partial charge in [-0.05, 0) is 49.4 Å². The first-order chi connectivity index (χ1) is 15.8. The van der Waals surface area contributed by atoms with Crippen LogP contribution in [0.1, 0.15) is 6.42 Å². The Morgan fingerprint density at radius 3 is 2.57 bits per heavy atom. The van der Waals surface area contributed by atoms with E-state index in [1.807, 2.05) is 6.20 Å². The minimum atomic E-state index is -4.79. The molecule has 0 unspecified atom stereocenters. The molecule has 13 heteroatoms. The Kier molecular flexibility index (Phi) is 9.96. The molecule has 0 aromatic heterocycles. The molecule has 35 heavy (non-hydrogen) atoms. The zero-order chi connectivity index (χ0) is 23.4. The van der Waals surface area contributed by atoms with Gasteiger partial charge in [0.1, 0.15) is 23.6 Å². The molecule has 0 aliphatic carbocycles. The van der Waals surface area contributed by atoms with Crippen molar-refractivity contribution in [1.29, 1.82) is 0 Å². The van der Waals surface area contributed by atoms with Gasteiger partial charge in [-0.15, -0.1) is 38.0 Å². The fraction of sp³-hybridized carbons (Fsp3) is 0.227. The molecule has 0 saturated carbocycles. The molecule has 4 rings (SSSR count). The molecular formula is C22H23Cl3F3N5O2. The predicted molar refractivity (Wildman–Crippen MR) is 135 cm³/mol. The summed E-state index contributed by atoms with van der Waals surface area (Å²) < 4.78 is 46.9. The van der Waals surface area contributed by atoms with Crippen LogP contribution in [-0.4, -0.2) is 42.2 Å². The molecule has 2 aliphatic heterocycles. The summed E-state index contributed by atoms with van der Waals surface area (Å²) in [5.41, 5.74) is 11.5. The Hall–Kier alpha value is -2.79. The molecule has 3 N–H and O–H groups in total. The van der Waals surface area contributed by atoms with Crippen molar-refractivity contribution in [2.24, 2.45) is 10.7 Å². The number of aliphatic imine (C=N–C) groups is 1. The monoisotopic (exact) mass is 551 g/mol. The van der Waals surface area contributed by atoms with Crippen LogP contribution in [0.15, 0.2) is 71.1 Å². The summed E-state index contributed by atoms with van der Waals surface area (Å²) >= 11 is 6.36. The third kappa shape index (κ3) is 7.35. The van der Waals surface area contributed by atoms with Gasteiger partial charge >= 0.3 is 6.36 Å². The van der Waals surface area contributed by atoms with E-state index in [9.17, 15) is 13.2 Å². The van der Waals surface area contributed by atoms with Crippen molar-refractivity contribution in [3.63, 3.8) is 0 Å². The van der Waals surface area contributed by atoms with E-state index >= 15 is 0 Å². The molecule has 0 fully saturated rings. The average molecular weight is 553 g/mol. The number of hydrazine groups is 1. The van der Waals surface area contributed by atoms with E-state index in [1.54, 1.807) is 29.5 Å². The highest BCUT2D eigenvalue weighted by atomic mass is 35.5. The van der Waals surface area contributed by atoms with E-state index in [1.165, 1.54) is 18.2 Å². The van der Waals surface area contributed by atoms with E-state index in [0.29, 0.717) is 12.2 Å². The van der Waals surface area contributed by atoms with E-state index in [-0.39, 0.29) is 47.1 Å². The molecule has 0 radical (unpaired) electrons. The van der Waals surface area contributed by atoms with Crippen LogP contribution in [-0.2, 0) is 0 Å². The second-order valence-corrected chi connectivity index (χ2v) is 7.62. The Morgan fingerprint density at radius 1 is 1.09 bits per heavy atom. The van der Waals surface area contributed by atoms with Crippen molar-refractivity contribution in [3.8, 4) is 17.2 Å². The van der Waals surface area contributed by atoms with Gasteiger partial charge in [0, 0.05) is 19.2 Å². The van der Waals surface area contributed by atoms with E-state index in [2.05, 4.69) is 26.1 Å². The molecule has 190 valence electrons. The first-order valence-corrected chi connectivity index (χ1v) is 10.5. The normalized spacial score (nSPS) is 14.3. The molecule has 7 nitrogen and oxygen atoms in total. The van der Waals surface area contributed by atoms with Crippen LogP contribution in [0, 0.1) is 0 Å². The number of fused-ring (bicyclic) bond motifs is 1.